The molecule has 4 nitrogen and oxygen atoms in total. The highest BCUT2D eigenvalue weighted by Crippen LogP contribution is 2.22. The Morgan fingerprint density at radius 1 is 1.05 bits per heavy atom. The van der Waals surface area contributed by atoms with Gasteiger partial charge in [0.05, 0.1) is 6.26 Å². The van der Waals surface area contributed by atoms with E-state index in [0.717, 1.165) is 27.6 Å². The molecule has 0 spiro atoms. The van der Waals surface area contributed by atoms with Gasteiger partial charge in [-0.2, -0.15) is 0 Å². The Hall–Kier alpha value is -2.59. The van der Waals surface area contributed by atoms with Crippen LogP contribution in [0.3, 0.4) is 0 Å². The largest absolute Gasteiger partial charge is 0.448 e. The van der Waals surface area contributed by atoms with Crippen LogP contribution < -0.4 is 0 Å². The van der Waals surface area contributed by atoms with Crippen molar-refractivity contribution in [3.8, 4) is 5.88 Å². The summed E-state index contributed by atoms with van der Waals surface area (Å²) in [5.74, 6) is 1.59. The van der Waals surface area contributed by atoms with Crippen LogP contribution in [-0.2, 0) is 6.42 Å². The predicted octanol–water partition coefficient (Wildman–Crippen LogP) is 4.26. The predicted molar refractivity (Wildman–Crippen MR) is 85.4 cm³/mol. The summed E-state index contributed by atoms with van der Waals surface area (Å²) in [4.78, 5) is 9.13. The molecule has 0 bridgehead atoms. The van der Waals surface area contributed by atoms with E-state index < -0.39 is 0 Å². The average Bonchev–Trinajstić information content (AvgIpc) is 3.16. The van der Waals surface area contributed by atoms with E-state index in [9.17, 15) is 0 Å². The molecule has 1 aromatic carbocycles. The number of furan rings is 1. The third kappa shape index (κ3) is 2.27. The van der Waals surface area contributed by atoms with Crippen LogP contribution in [0, 0.1) is 0 Å². The average molecular weight is 310 g/mol. The van der Waals surface area contributed by atoms with Crippen LogP contribution in [0.15, 0.2) is 65.4 Å². The van der Waals surface area contributed by atoms with E-state index in [4.69, 9.17) is 21.0 Å². The molecule has 0 saturated heterocycles. The molecular weight excluding hydrogens is 298 g/mol. The Morgan fingerprint density at radius 3 is 2.68 bits per heavy atom. The van der Waals surface area contributed by atoms with E-state index >= 15 is 0 Å². The lowest BCUT2D eigenvalue weighted by Gasteiger charge is -2.05. The van der Waals surface area contributed by atoms with Crippen LogP contribution in [0.5, 0.6) is 0 Å². The summed E-state index contributed by atoms with van der Waals surface area (Å²) in [6, 6.07) is 15.4. The molecule has 0 unspecified atom stereocenters. The van der Waals surface area contributed by atoms with Crippen molar-refractivity contribution in [3.63, 3.8) is 0 Å². The van der Waals surface area contributed by atoms with Gasteiger partial charge in [-0.3, -0.25) is 0 Å². The van der Waals surface area contributed by atoms with Crippen molar-refractivity contribution in [2.75, 3.05) is 0 Å². The number of aromatic nitrogens is 3. The normalized spacial score (nSPS) is 11.1. The first-order valence-electron chi connectivity index (χ1n) is 6.92. The molecule has 22 heavy (non-hydrogen) atoms. The zero-order valence-corrected chi connectivity index (χ0v) is 12.4. The number of rotatable bonds is 3. The summed E-state index contributed by atoms with van der Waals surface area (Å²) >= 11 is 5.95. The summed E-state index contributed by atoms with van der Waals surface area (Å²) in [5.41, 5.74) is 2.77. The number of fused-ring (bicyclic) bond motifs is 1. The molecule has 0 saturated carbocycles. The molecule has 0 aliphatic rings. The number of imidazole rings is 1. The van der Waals surface area contributed by atoms with Gasteiger partial charge in [-0.05, 0) is 35.9 Å². The number of pyridine rings is 1. The second kappa shape index (κ2) is 5.31. The van der Waals surface area contributed by atoms with Crippen molar-refractivity contribution >= 4 is 22.8 Å². The Balaban J connectivity index is 1.86. The molecule has 0 atom stereocenters. The van der Waals surface area contributed by atoms with Gasteiger partial charge in [0.15, 0.2) is 5.65 Å². The molecule has 0 fully saturated rings. The van der Waals surface area contributed by atoms with Crippen molar-refractivity contribution in [2.24, 2.45) is 0 Å². The van der Waals surface area contributed by atoms with Crippen molar-refractivity contribution < 1.29 is 4.42 Å². The molecule has 0 radical (unpaired) electrons. The second-order valence-corrected chi connectivity index (χ2v) is 5.40. The van der Waals surface area contributed by atoms with Gasteiger partial charge >= 0.3 is 0 Å². The molecule has 0 amide bonds. The Bertz CT molecular complexity index is 911. The van der Waals surface area contributed by atoms with Gasteiger partial charge in [0.2, 0.25) is 5.88 Å². The molecule has 4 rings (SSSR count). The Labute approximate surface area is 132 Å². The molecular formula is C17H12ClN3O. The minimum absolute atomic E-state index is 0.675. The minimum Gasteiger partial charge on any atom is -0.448 e. The number of hydrogen-bond donors (Lipinski definition) is 0. The first-order chi connectivity index (χ1) is 10.8. The van der Waals surface area contributed by atoms with Crippen LogP contribution in [0.1, 0.15) is 11.4 Å². The van der Waals surface area contributed by atoms with Gasteiger partial charge in [0.25, 0.3) is 0 Å². The van der Waals surface area contributed by atoms with Gasteiger partial charge in [-0.25, -0.2) is 14.5 Å². The van der Waals surface area contributed by atoms with E-state index in [2.05, 4.69) is 4.98 Å². The van der Waals surface area contributed by atoms with Crippen molar-refractivity contribution in [2.45, 2.75) is 6.42 Å². The topological polar surface area (TPSA) is 43.9 Å². The zero-order valence-electron chi connectivity index (χ0n) is 11.6. The highest BCUT2D eigenvalue weighted by atomic mass is 35.5. The lowest BCUT2D eigenvalue weighted by molar-refractivity contribution is 0.536. The number of benzene rings is 1. The van der Waals surface area contributed by atoms with Gasteiger partial charge in [0.1, 0.15) is 11.3 Å². The fourth-order valence-electron chi connectivity index (χ4n) is 2.49. The van der Waals surface area contributed by atoms with E-state index in [1.807, 2.05) is 53.1 Å². The molecule has 4 aromatic rings. The maximum absolute atomic E-state index is 5.95. The van der Waals surface area contributed by atoms with Gasteiger partial charge in [-0.15, -0.1) is 0 Å². The molecule has 0 N–H and O–H groups in total. The minimum atomic E-state index is 0.675. The molecule has 0 aliphatic carbocycles. The summed E-state index contributed by atoms with van der Waals surface area (Å²) in [7, 11) is 0. The maximum atomic E-state index is 5.95. The van der Waals surface area contributed by atoms with Crippen molar-refractivity contribution in [3.05, 3.63) is 77.4 Å². The molecule has 3 heterocycles. The van der Waals surface area contributed by atoms with Crippen LogP contribution in [0.2, 0.25) is 5.02 Å². The maximum Gasteiger partial charge on any atom is 0.206 e. The molecule has 0 aliphatic heterocycles. The number of halogens is 1. The van der Waals surface area contributed by atoms with Crippen LogP contribution in [0.25, 0.3) is 17.0 Å². The summed E-state index contributed by atoms with van der Waals surface area (Å²) < 4.78 is 7.49. The number of hydrogen-bond acceptors (Lipinski definition) is 3. The lowest BCUT2D eigenvalue weighted by Crippen LogP contribution is -2.02. The van der Waals surface area contributed by atoms with Crippen molar-refractivity contribution in [1.82, 2.24) is 14.5 Å². The first kappa shape index (κ1) is 13.1. The third-order valence-electron chi connectivity index (χ3n) is 3.49. The van der Waals surface area contributed by atoms with Gasteiger partial charge in [-0.1, -0.05) is 23.7 Å². The van der Waals surface area contributed by atoms with E-state index in [0.29, 0.717) is 12.3 Å². The van der Waals surface area contributed by atoms with Crippen LogP contribution >= 0.6 is 11.6 Å². The fraction of sp³-hybridized carbons (Fsp3) is 0.0588. The third-order valence-corrected chi connectivity index (χ3v) is 3.74. The van der Waals surface area contributed by atoms with E-state index in [1.54, 1.807) is 12.5 Å². The Kier molecular flexibility index (Phi) is 3.16. The summed E-state index contributed by atoms with van der Waals surface area (Å²) in [5, 5.41) is 0.727. The standard InChI is InChI=1S/C17H12ClN3O/c18-13-7-5-12(6-8-13)11-15-20-14-3-1-9-19-17(14)21(15)16-4-2-10-22-16/h1-10H,11H2. The lowest BCUT2D eigenvalue weighted by atomic mass is 10.1. The SMILES string of the molecule is Clc1ccc(Cc2nc3cccnc3n2-c2ccco2)cc1. The van der Waals surface area contributed by atoms with Gasteiger partial charge < -0.3 is 4.42 Å². The summed E-state index contributed by atoms with van der Waals surface area (Å²) in [6.07, 6.45) is 4.08. The molecule has 3 aromatic heterocycles. The van der Waals surface area contributed by atoms with Gasteiger partial charge in [0, 0.05) is 23.7 Å². The molecule has 108 valence electrons. The highest BCUT2D eigenvalue weighted by Gasteiger charge is 2.15. The smallest absolute Gasteiger partial charge is 0.206 e. The van der Waals surface area contributed by atoms with E-state index in [-0.39, 0.29) is 0 Å². The van der Waals surface area contributed by atoms with Crippen LogP contribution in [-0.4, -0.2) is 14.5 Å². The molecule has 5 heteroatoms. The first-order valence-corrected chi connectivity index (χ1v) is 7.30. The zero-order chi connectivity index (χ0) is 14.9. The van der Waals surface area contributed by atoms with Crippen LogP contribution in [0.4, 0.5) is 0 Å². The van der Waals surface area contributed by atoms with Crippen molar-refractivity contribution in [1.29, 1.82) is 0 Å². The second-order valence-electron chi connectivity index (χ2n) is 4.96. The Morgan fingerprint density at radius 2 is 1.91 bits per heavy atom. The number of nitrogens with zero attached hydrogens (tertiary/aromatic N) is 3. The highest BCUT2D eigenvalue weighted by molar-refractivity contribution is 6.30. The summed E-state index contributed by atoms with van der Waals surface area (Å²) in [6.45, 7) is 0. The quantitative estimate of drug-likeness (QED) is 0.568. The fourth-order valence-corrected chi connectivity index (χ4v) is 2.62. The van der Waals surface area contributed by atoms with E-state index in [1.165, 1.54) is 0 Å². The monoisotopic (exact) mass is 309 g/mol.